The van der Waals surface area contributed by atoms with Crippen molar-refractivity contribution < 1.29 is 14.6 Å². The number of aromatic amines is 1. The number of carboxylic acids is 1. The van der Waals surface area contributed by atoms with Gasteiger partial charge in [-0.1, -0.05) is 0 Å². The van der Waals surface area contributed by atoms with Crippen molar-refractivity contribution in [3.63, 3.8) is 0 Å². The summed E-state index contributed by atoms with van der Waals surface area (Å²) in [5.74, 6) is -0.325. The van der Waals surface area contributed by atoms with Gasteiger partial charge in [-0.15, -0.1) is 0 Å². The molecule has 2 aromatic rings. The Morgan fingerprint density at radius 1 is 1.32 bits per heavy atom. The maximum Gasteiger partial charge on any atom is 0.371 e. The van der Waals surface area contributed by atoms with Crippen molar-refractivity contribution in [2.75, 3.05) is 0 Å². The molecule has 1 heterocycles. The SMILES string of the molecule is Cc1[nH]c(C(=O)O)nc1-c1ccc(OC(C)C)cc1. The molecule has 0 aliphatic heterocycles. The molecule has 0 unspecified atom stereocenters. The van der Waals surface area contributed by atoms with Crippen molar-refractivity contribution >= 4 is 5.97 Å². The molecule has 0 radical (unpaired) electrons. The molecule has 1 aromatic carbocycles. The van der Waals surface area contributed by atoms with Gasteiger partial charge in [0.25, 0.3) is 0 Å². The van der Waals surface area contributed by atoms with E-state index in [1.807, 2.05) is 38.1 Å². The largest absolute Gasteiger partial charge is 0.491 e. The van der Waals surface area contributed by atoms with Crippen LogP contribution in [0.2, 0.25) is 0 Å². The molecule has 5 nitrogen and oxygen atoms in total. The molecule has 5 heteroatoms. The second-order valence-corrected chi connectivity index (χ2v) is 4.56. The van der Waals surface area contributed by atoms with Crippen LogP contribution in [0.5, 0.6) is 5.75 Å². The van der Waals surface area contributed by atoms with Crippen LogP contribution in [-0.4, -0.2) is 27.1 Å². The second kappa shape index (κ2) is 5.14. The summed E-state index contributed by atoms with van der Waals surface area (Å²) in [6, 6.07) is 7.44. The van der Waals surface area contributed by atoms with Crippen LogP contribution in [0.25, 0.3) is 11.3 Å². The fourth-order valence-corrected chi connectivity index (χ4v) is 1.81. The van der Waals surface area contributed by atoms with Crippen LogP contribution in [0.4, 0.5) is 0 Å². The van der Waals surface area contributed by atoms with E-state index in [0.717, 1.165) is 17.0 Å². The minimum absolute atomic E-state index is 0.0463. The standard InChI is InChI=1S/C14H16N2O3/c1-8(2)19-11-6-4-10(5-7-11)12-9(3)15-13(16-12)14(17)18/h4-8H,1-3H3,(H,15,16)(H,17,18). The predicted molar refractivity (Wildman–Crippen MR) is 71.5 cm³/mol. The van der Waals surface area contributed by atoms with Gasteiger partial charge in [-0.2, -0.15) is 0 Å². The van der Waals surface area contributed by atoms with Crippen molar-refractivity contribution in [2.45, 2.75) is 26.9 Å². The maximum atomic E-state index is 10.9. The zero-order valence-corrected chi connectivity index (χ0v) is 11.1. The molecule has 2 rings (SSSR count). The van der Waals surface area contributed by atoms with E-state index < -0.39 is 5.97 Å². The fourth-order valence-electron chi connectivity index (χ4n) is 1.81. The lowest BCUT2D eigenvalue weighted by atomic mass is 10.1. The molecule has 19 heavy (non-hydrogen) atoms. The number of carboxylic acid groups (broad SMARTS) is 1. The Morgan fingerprint density at radius 2 is 1.95 bits per heavy atom. The highest BCUT2D eigenvalue weighted by molar-refractivity contribution is 5.84. The van der Waals surface area contributed by atoms with Crippen molar-refractivity contribution in [3.8, 4) is 17.0 Å². The lowest BCUT2D eigenvalue weighted by Crippen LogP contribution is -2.05. The second-order valence-electron chi connectivity index (χ2n) is 4.56. The van der Waals surface area contributed by atoms with Gasteiger partial charge in [0, 0.05) is 11.3 Å². The number of H-pyrrole nitrogens is 1. The monoisotopic (exact) mass is 260 g/mol. The van der Waals surface area contributed by atoms with E-state index in [9.17, 15) is 4.79 Å². The summed E-state index contributed by atoms with van der Waals surface area (Å²) in [5.41, 5.74) is 2.24. The van der Waals surface area contributed by atoms with Gasteiger partial charge >= 0.3 is 5.97 Å². The van der Waals surface area contributed by atoms with Gasteiger partial charge in [-0.3, -0.25) is 0 Å². The Kier molecular flexibility index (Phi) is 3.55. The van der Waals surface area contributed by atoms with Gasteiger partial charge in [0.05, 0.1) is 11.8 Å². The van der Waals surface area contributed by atoms with Gasteiger partial charge in [0.1, 0.15) is 5.75 Å². The van der Waals surface area contributed by atoms with Gasteiger partial charge in [-0.25, -0.2) is 9.78 Å². The first-order valence-corrected chi connectivity index (χ1v) is 6.04. The summed E-state index contributed by atoms with van der Waals surface area (Å²) < 4.78 is 5.56. The third-order valence-corrected chi connectivity index (χ3v) is 2.59. The fraction of sp³-hybridized carbons (Fsp3) is 0.286. The van der Waals surface area contributed by atoms with Gasteiger partial charge in [0.15, 0.2) is 0 Å². The number of hydrogen-bond acceptors (Lipinski definition) is 3. The Balaban J connectivity index is 2.29. The highest BCUT2D eigenvalue weighted by atomic mass is 16.5. The van der Waals surface area contributed by atoms with E-state index in [1.54, 1.807) is 6.92 Å². The van der Waals surface area contributed by atoms with E-state index in [0.29, 0.717) is 5.69 Å². The van der Waals surface area contributed by atoms with Crippen LogP contribution in [0.1, 0.15) is 30.2 Å². The number of aromatic nitrogens is 2. The number of nitrogens with one attached hydrogen (secondary N) is 1. The minimum Gasteiger partial charge on any atom is -0.491 e. The molecule has 100 valence electrons. The molecule has 0 aliphatic rings. The molecule has 0 spiro atoms. The van der Waals surface area contributed by atoms with Crippen LogP contribution in [0.3, 0.4) is 0 Å². The number of hydrogen-bond donors (Lipinski definition) is 2. The van der Waals surface area contributed by atoms with Crippen molar-refractivity contribution in [3.05, 3.63) is 35.8 Å². The van der Waals surface area contributed by atoms with Crippen molar-refractivity contribution in [2.24, 2.45) is 0 Å². The molecule has 0 saturated carbocycles. The topological polar surface area (TPSA) is 75.2 Å². The number of aromatic carboxylic acids is 1. The summed E-state index contributed by atoms with van der Waals surface area (Å²) in [7, 11) is 0. The number of carbonyl (C=O) groups is 1. The maximum absolute atomic E-state index is 10.9. The van der Waals surface area contributed by atoms with Crippen LogP contribution < -0.4 is 4.74 Å². The van der Waals surface area contributed by atoms with Crippen LogP contribution in [-0.2, 0) is 0 Å². The zero-order chi connectivity index (χ0) is 14.0. The van der Waals surface area contributed by atoms with Crippen molar-refractivity contribution in [1.82, 2.24) is 9.97 Å². The Morgan fingerprint density at radius 3 is 2.42 bits per heavy atom. The van der Waals surface area contributed by atoms with Crippen LogP contribution in [0.15, 0.2) is 24.3 Å². The van der Waals surface area contributed by atoms with Crippen LogP contribution in [0, 0.1) is 6.92 Å². The summed E-state index contributed by atoms with van der Waals surface area (Å²) in [6.45, 7) is 5.73. The smallest absolute Gasteiger partial charge is 0.371 e. The van der Waals surface area contributed by atoms with E-state index in [4.69, 9.17) is 9.84 Å². The summed E-state index contributed by atoms with van der Waals surface area (Å²) >= 11 is 0. The number of ether oxygens (including phenoxy) is 1. The molecule has 0 aliphatic carbocycles. The number of benzene rings is 1. The first-order valence-electron chi connectivity index (χ1n) is 6.04. The van der Waals surface area contributed by atoms with E-state index in [-0.39, 0.29) is 11.9 Å². The number of rotatable bonds is 4. The lowest BCUT2D eigenvalue weighted by Gasteiger charge is -2.09. The first-order chi connectivity index (χ1) is 8.97. The average Bonchev–Trinajstić information content (AvgIpc) is 2.72. The lowest BCUT2D eigenvalue weighted by molar-refractivity contribution is 0.0684. The first kappa shape index (κ1) is 13.1. The average molecular weight is 260 g/mol. The molecular weight excluding hydrogens is 244 g/mol. The van der Waals surface area contributed by atoms with Gasteiger partial charge in [0.2, 0.25) is 5.82 Å². The van der Waals surface area contributed by atoms with E-state index in [1.165, 1.54) is 0 Å². The number of imidazole rings is 1. The summed E-state index contributed by atoms with van der Waals surface area (Å²) in [4.78, 5) is 17.7. The molecule has 0 amide bonds. The quantitative estimate of drug-likeness (QED) is 0.886. The molecule has 0 fully saturated rings. The minimum atomic E-state index is -1.06. The van der Waals surface area contributed by atoms with E-state index >= 15 is 0 Å². The Bertz CT molecular complexity index is 585. The van der Waals surface area contributed by atoms with Crippen molar-refractivity contribution in [1.29, 1.82) is 0 Å². The van der Waals surface area contributed by atoms with Gasteiger partial charge in [-0.05, 0) is 45.0 Å². The third-order valence-electron chi connectivity index (χ3n) is 2.59. The van der Waals surface area contributed by atoms with Crippen LogP contribution >= 0.6 is 0 Å². The number of aryl methyl sites for hydroxylation is 1. The summed E-state index contributed by atoms with van der Waals surface area (Å²) in [5, 5.41) is 8.90. The predicted octanol–water partition coefficient (Wildman–Crippen LogP) is 2.87. The molecule has 1 aromatic heterocycles. The highest BCUT2D eigenvalue weighted by Crippen LogP contribution is 2.24. The zero-order valence-electron chi connectivity index (χ0n) is 11.1. The highest BCUT2D eigenvalue weighted by Gasteiger charge is 2.13. The molecular formula is C14H16N2O3. The Hall–Kier alpha value is -2.30. The number of nitrogens with zero attached hydrogens (tertiary/aromatic N) is 1. The van der Waals surface area contributed by atoms with E-state index in [2.05, 4.69) is 9.97 Å². The summed E-state index contributed by atoms with van der Waals surface area (Å²) in [6.07, 6.45) is 0.122. The molecule has 0 saturated heterocycles. The normalized spacial score (nSPS) is 10.7. The van der Waals surface area contributed by atoms with Gasteiger partial charge < -0.3 is 14.8 Å². The third kappa shape index (κ3) is 2.93. The Labute approximate surface area is 111 Å². The molecule has 2 N–H and O–H groups in total. The molecule has 0 bridgehead atoms. The molecule has 0 atom stereocenters.